The molecular weight excluding hydrogens is 210 g/mol. The number of carbonyl (C=O) groups excluding carboxylic acids is 1. The van der Waals surface area contributed by atoms with E-state index in [0.717, 1.165) is 24.9 Å². The number of para-hydroxylation sites is 1. The lowest BCUT2D eigenvalue weighted by atomic mass is 9.85. The molecule has 2 heteroatoms. The minimum atomic E-state index is 0.114. The number of nitrogens with one attached hydrogen (secondary N) is 1. The number of amides is 1. The van der Waals surface area contributed by atoms with Gasteiger partial charge in [-0.25, -0.2) is 0 Å². The van der Waals surface area contributed by atoms with Crippen LogP contribution < -0.4 is 5.32 Å². The maximum Gasteiger partial charge on any atom is 0.224 e. The van der Waals surface area contributed by atoms with Gasteiger partial charge in [-0.15, -0.1) is 0 Å². The summed E-state index contributed by atoms with van der Waals surface area (Å²) in [6.07, 6.45) is 3.83. The lowest BCUT2D eigenvalue weighted by Crippen LogP contribution is -2.14. The molecule has 0 unspecified atom stereocenters. The van der Waals surface area contributed by atoms with E-state index in [9.17, 15) is 4.79 Å². The fraction of sp³-hybridized carbons (Fsp3) is 0.533. The summed E-state index contributed by atoms with van der Waals surface area (Å²) in [7, 11) is 0. The van der Waals surface area contributed by atoms with Crippen LogP contribution in [0.1, 0.15) is 46.5 Å². The largest absolute Gasteiger partial charge is 0.326 e. The average Bonchev–Trinajstić information content (AvgIpc) is 2.30. The van der Waals surface area contributed by atoms with Gasteiger partial charge >= 0.3 is 0 Å². The fourth-order valence-corrected chi connectivity index (χ4v) is 1.65. The molecule has 0 saturated heterocycles. The van der Waals surface area contributed by atoms with E-state index >= 15 is 0 Å². The second kappa shape index (κ2) is 6.43. The van der Waals surface area contributed by atoms with Crippen LogP contribution in [0.2, 0.25) is 0 Å². The smallest absolute Gasteiger partial charge is 0.224 e. The van der Waals surface area contributed by atoms with Crippen molar-refractivity contribution in [1.82, 2.24) is 0 Å². The van der Waals surface area contributed by atoms with Gasteiger partial charge in [0.25, 0.3) is 0 Å². The predicted molar refractivity (Wildman–Crippen MR) is 73.0 cm³/mol. The van der Waals surface area contributed by atoms with Crippen LogP contribution in [0.15, 0.2) is 30.3 Å². The van der Waals surface area contributed by atoms with Crippen LogP contribution in [0.5, 0.6) is 0 Å². The highest BCUT2D eigenvalue weighted by Gasteiger charge is 2.15. The first-order valence-corrected chi connectivity index (χ1v) is 6.38. The zero-order chi connectivity index (χ0) is 12.7. The molecule has 0 bridgehead atoms. The Morgan fingerprint density at radius 3 is 2.47 bits per heavy atom. The monoisotopic (exact) mass is 233 g/mol. The van der Waals surface area contributed by atoms with Gasteiger partial charge < -0.3 is 5.32 Å². The van der Waals surface area contributed by atoms with Gasteiger partial charge in [-0.1, -0.05) is 45.4 Å². The lowest BCUT2D eigenvalue weighted by Gasteiger charge is -2.21. The third kappa shape index (κ3) is 5.53. The third-order valence-electron chi connectivity index (χ3n) is 3.27. The van der Waals surface area contributed by atoms with Crippen molar-refractivity contribution in [2.24, 2.45) is 5.41 Å². The minimum Gasteiger partial charge on any atom is -0.326 e. The Hall–Kier alpha value is -1.31. The molecule has 0 radical (unpaired) electrons. The molecule has 1 N–H and O–H groups in total. The van der Waals surface area contributed by atoms with Crippen LogP contribution in [0, 0.1) is 5.41 Å². The number of carbonyl (C=O) groups is 1. The Balaban J connectivity index is 2.27. The number of anilines is 1. The Morgan fingerprint density at radius 1 is 1.24 bits per heavy atom. The molecular formula is C15H23NO. The second-order valence-electron chi connectivity index (χ2n) is 5.29. The molecule has 0 spiro atoms. The minimum absolute atomic E-state index is 0.114. The van der Waals surface area contributed by atoms with Crippen LogP contribution in [-0.4, -0.2) is 5.91 Å². The van der Waals surface area contributed by atoms with Gasteiger partial charge in [-0.2, -0.15) is 0 Å². The Bertz CT molecular complexity index is 343. The molecule has 0 atom stereocenters. The van der Waals surface area contributed by atoms with Gasteiger partial charge in [0.2, 0.25) is 5.91 Å². The molecule has 1 amide bonds. The van der Waals surface area contributed by atoms with Crippen LogP contribution in [0.25, 0.3) is 0 Å². The van der Waals surface area contributed by atoms with Crippen molar-refractivity contribution >= 4 is 11.6 Å². The molecule has 0 aliphatic carbocycles. The average molecular weight is 233 g/mol. The summed E-state index contributed by atoms with van der Waals surface area (Å²) in [5.74, 6) is 0.114. The second-order valence-corrected chi connectivity index (χ2v) is 5.29. The highest BCUT2D eigenvalue weighted by Crippen LogP contribution is 2.26. The lowest BCUT2D eigenvalue weighted by molar-refractivity contribution is -0.116. The van der Waals surface area contributed by atoms with E-state index < -0.39 is 0 Å². The van der Waals surface area contributed by atoms with Crippen molar-refractivity contribution in [2.75, 3.05) is 5.32 Å². The molecule has 1 aromatic rings. The van der Waals surface area contributed by atoms with Crippen molar-refractivity contribution in [2.45, 2.75) is 46.5 Å². The molecule has 0 aliphatic heterocycles. The van der Waals surface area contributed by atoms with Crippen LogP contribution in [0.4, 0.5) is 5.69 Å². The number of hydrogen-bond donors (Lipinski definition) is 1. The molecule has 94 valence electrons. The van der Waals surface area contributed by atoms with Crippen molar-refractivity contribution in [3.8, 4) is 0 Å². The first-order chi connectivity index (χ1) is 8.03. The SMILES string of the molecule is CCC(C)(C)CCCC(=O)Nc1ccccc1. The molecule has 0 saturated carbocycles. The van der Waals surface area contributed by atoms with Gasteiger partial charge in [0, 0.05) is 12.1 Å². The molecule has 17 heavy (non-hydrogen) atoms. The highest BCUT2D eigenvalue weighted by molar-refractivity contribution is 5.90. The van der Waals surface area contributed by atoms with Gasteiger partial charge in [-0.05, 0) is 30.4 Å². The first kappa shape index (κ1) is 13.8. The quantitative estimate of drug-likeness (QED) is 0.782. The van der Waals surface area contributed by atoms with E-state index in [2.05, 4.69) is 26.1 Å². The first-order valence-electron chi connectivity index (χ1n) is 6.38. The Kier molecular flexibility index (Phi) is 5.20. The summed E-state index contributed by atoms with van der Waals surface area (Å²) in [4.78, 5) is 11.7. The predicted octanol–water partition coefficient (Wildman–Crippen LogP) is 4.23. The van der Waals surface area contributed by atoms with Crippen molar-refractivity contribution in [1.29, 1.82) is 0 Å². The summed E-state index contributed by atoms with van der Waals surface area (Å²) < 4.78 is 0. The highest BCUT2D eigenvalue weighted by atomic mass is 16.1. The van der Waals surface area contributed by atoms with Gasteiger partial charge in [0.1, 0.15) is 0 Å². The van der Waals surface area contributed by atoms with Gasteiger partial charge in [0.05, 0.1) is 0 Å². The topological polar surface area (TPSA) is 29.1 Å². The number of rotatable bonds is 6. The van der Waals surface area contributed by atoms with Crippen molar-refractivity contribution in [3.05, 3.63) is 30.3 Å². The molecule has 1 rings (SSSR count). The summed E-state index contributed by atoms with van der Waals surface area (Å²) in [5.41, 5.74) is 1.24. The van der Waals surface area contributed by atoms with Crippen LogP contribution in [0.3, 0.4) is 0 Å². The maximum absolute atomic E-state index is 11.7. The Labute approximate surface area is 104 Å². The molecule has 0 aliphatic rings. The molecule has 0 fully saturated rings. The summed E-state index contributed by atoms with van der Waals surface area (Å²) >= 11 is 0. The molecule has 0 heterocycles. The standard InChI is InChI=1S/C15H23NO/c1-4-15(2,3)12-8-11-14(17)16-13-9-6-5-7-10-13/h5-7,9-10H,4,8,11-12H2,1-3H3,(H,16,17). The normalized spacial score (nSPS) is 11.2. The zero-order valence-electron chi connectivity index (χ0n) is 11.1. The molecule has 2 nitrogen and oxygen atoms in total. The Morgan fingerprint density at radius 2 is 1.88 bits per heavy atom. The van der Waals surface area contributed by atoms with Gasteiger partial charge in [0.15, 0.2) is 0 Å². The van der Waals surface area contributed by atoms with E-state index in [1.807, 2.05) is 30.3 Å². The van der Waals surface area contributed by atoms with Crippen LogP contribution in [-0.2, 0) is 4.79 Å². The van der Waals surface area contributed by atoms with E-state index in [4.69, 9.17) is 0 Å². The number of benzene rings is 1. The molecule has 1 aromatic carbocycles. The summed E-state index contributed by atoms with van der Waals surface area (Å²) in [6, 6.07) is 9.62. The zero-order valence-corrected chi connectivity index (χ0v) is 11.1. The van der Waals surface area contributed by atoms with Gasteiger partial charge in [-0.3, -0.25) is 4.79 Å². The summed E-state index contributed by atoms with van der Waals surface area (Å²) in [6.45, 7) is 6.70. The van der Waals surface area contributed by atoms with Crippen LogP contribution >= 0.6 is 0 Å². The van der Waals surface area contributed by atoms with E-state index in [1.165, 1.54) is 0 Å². The van der Waals surface area contributed by atoms with E-state index in [0.29, 0.717) is 11.8 Å². The van der Waals surface area contributed by atoms with E-state index in [-0.39, 0.29) is 5.91 Å². The van der Waals surface area contributed by atoms with Crippen molar-refractivity contribution in [3.63, 3.8) is 0 Å². The third-order valence-corrected chi connectivity index (χ3v) is 3.27. The summed E-state index contributed by atoms with van der Waals surface area (Å²) in [5, 5.41) is 2.91. The van der Waals surface area contributed by atoms with E-state index in [1.54, 1.807) is 0 Å². The number of hydrogen-bond acceptors (Lipinski definition) is 1. The molecule has 0 aromatic heterocycles. The van der Waals surface area contributed by atoms with Crippen molar-refractivity contribution < 1.29 is 4.79 Å². The fourth-order valence-electron chi connectivity index (χ4n) is 1.65. The maximum atomic E-state index is 11.7.